The second kappa shape index (κ2) is 4.59. The van der Waals surface area contributed by atoms with E-state index in [-0.39, 0.29) is 0 Å². The first kappa shape index (κ1) is 12.1. The van der Waals surface area contributed by atoms with Crippen molar-refractivity contribution in [3.05, 3.63) is 47.0 Å². The lowest BCUT2D eigenvalue weighted by molar-refractivity contribution is 0.619. The van der Waals surface area contributed by atoms with Crippen molar-refractivity contribution in [2.75, 3.05) is 5.73 Å². The molecule has 0 amide bonds. The Morgan fingerprint density at radius 3 is 2.84 bits per heavy atom. The summed E-state index contributed by atoms with van der Waals surface area (Å²) < 4.78 is 5.78. The van der Waals surface area contributed by atoms with Gasteiger partial charge in [-0.2, -0.15) is 0 Å². The van der Waals surface area contributed by atoms with Crippen molar-refractivity contribution in [3.8, 4) is 11.5 Å². The summed E-state index contributed by atoms with van der Waals surface area (Å²) in [6.45, 7) is 2.11. The highest BCUT2D eigenvalue weighted by Crippen LogP contribution is 2.31. The molecule has 19 heavy (non-hydrogen) atoms. The standard InChI is InChI=1S/C15H13ClN2O/c1-2-9-5-3-4-6-10(9)15-18-13-7-11(16)12(17)8-14(13)19-15/h3-8H,2,17H2,1H3. The highest BCUT2D eigenvalue weighted by molar-refractivity contribution is 6.33. The Morgan fingerprint density at radius 2 is 2.05 bits per heavy atom. The van der Waals surface area contributed by atoms with Crippen LogP contribution in [0.4, 0.5) is 5.69 Å². The zero-order valence-corrected chi connectivity index (χ0v) is 11.2. The molecule has 0 fully saturated rings. The number of fused-ring (bicyclic) bond motifs is 1. The van der Waals surface area contributed by atoms with Crippen LogP contribution < -0.4 is 5.73 Å². The zero-order chi connectivity index (χ0) is 13.4. The van der Waals surface area contributed by atoms with Crippen molar-refractivity contribution >= 4 is 28.4 Å². The first-order valence-corrected chi connectivity index (χ1v) is 6.50. The minimum atomic E-state index is 0.496. The Morgan fingerprint density at radius 1 is 1.26 bits per heavy atom. The molecule has 0 aliphatic rings. The maximum Gasteiger partial charge on any atom is 0.227 e. The summed E-state index contributed by atoms with van der Waals surface area (Å²) in [7, 11) is 0. The molecule has 2 N–H and O–H groups in total. The number of hydrogen-bond acceptors (Lipinski definition) is 3. The van der Waals surface area contributed by atoms with Crippen molar-refractivity contribution in [2.45, 2.75) is 13.3 Å². The molecule has 1 heterocycles. The van der Waals surface area contributed by atoms with Crippen LogP contribution in [0, 0.1) is 0 Å². The average molecular weight is 273 g/mol. The largest absolute Gasteiger partial charge is 0.436 e. The molecule has 0 saturated carbocycles. The molecule has 0 aliphatic carbocycles. The third-order valence-electron chi connectivity index (χ3n) is 3.14. The molecule has 0 unspecified atom stereocenters. The van der Waals surface area contributed by atoms with Gasteiger partial charge in [0.25, 0.3) is 0 Å². The fraction of sp³-hybridized carbons (Fsp3) is 0.133. The van der Waals surface area contributed by atoms with E-state index in [1.165, 1.54) is 5.56 Å². The molecule has 0 saturated heterocycles. The molecule has 96 valence electrons. The number of nitrogens with two attached hydrogens (primary N) is 1. The predicted octanol–water partition coefficient (Wildman–Crippen LogP) is 4.29. The van der Waals surface area contributed by atoms with Crippen LogP contribution in [0.3, 0.4) is 0 Å². The molecule has 3 nitrogen and oxygen atoms in total. The maximum atomic E-state index is 5.99. The van der Waals surface area contributed by atoms with Gasteiger partial charge in [0.05, 0.1) is 10.7 Å². The second-order valence-electron chi connectivity index (χ2n) is 4.37. The molecule has 3 rings (SSSR count). The monoisotopic (exact) mass is 272 g/mol. The Hall–Kier alpha value is -2.00. The average Bonchev–Trinajstić information content (AvgIpc) is 2.82. The number of aryl methyl sites for hydroxylation is 1. The highest BCUT2D eigenvalue weighted by atomic mass is 35.5. The number of halogens is 1. The summed E-state index contributed by atoms with van der Waals surface area (Å²) in [5.74, 6) is 0.606. The van der Waals surface area contributed by atoms with Gasteiger partial charge in [0.15, 0.2) is 5.58 Å². The summed E-state index contributed by atoms with van der Waals surface area (Å²) in [5.41, 5.74) is 9.86. The lowest BCUT2D eigenvalue weighted by Crippen LogP contribution is -1.86. The Kier molecular flexibility index (Phi) is 2.91. The molecule has 0 spiro atoms. The molecule has 4 heteroatoms. The fourth-order valence-electron chi connectivity index (χ4n) is 2.12. The summed E-state index contributed by atoms with van der Waals surface area (Å²) in [6, 6.07) is 11.5. The first-order chi connectivity index (χ1) is 9.19. The predicted molar refractivity (Wildman–Crippen MR) is 78.2 cm³/mol. The van der Waals surface area contributed by atoms with Crippen molar-refractivity contribution in [2.24, 2.45) is 0 Å². The minimum absolute atomic E-state index is 0.496. The van der Waals surface area contributed by atoms with Crippen LogP contribution in [0.1, 0.15) is 12.5 Å². The number of anilines is 1. The SMILES string of the molecule is CCc1ccccc1-c1nc2cc(Cl)c(N)cc2o1. The van der Waals surface area contributed by atoms with Gasteiger partial charge in [-0.15, -0.1) is 0 Å². The molecule has 0 aliphatic heterocycles. The van der Waals surface area contributed by atoms with Crippen LogP contribution in [0.25, 0.3) is 22.6 Å². The number of hydrogen-bond donors (Lipinski definition) is 1. The highest BCUT2D eigenvalue weighted by Gasteiger charge is 2.12. The van der Waals surface area contributed by atoms with Crippen LogP contribution in [-0.2, 0) is 6.42 Å². The van der Waals surface area contributed by atoms with Crippen molar-refractivity contribution < 1.29 is 4.42 Å². The lowest BCUT2D eigenvalue weighted by Gasteiger charge is -2.02. The van der Waals surface area contributed by atoms with E-state index in [9.17, 15) is 0 Å². The van der Waals surface area contributed by atoms with Crippen molar-refractivity contribution in [3.63, 3.8) is 0 Å². The van der Waals surface area contributed by atoms with Crippen LogP contribution in [0.15, 0.2) is 40.8 Å². The number of rotatable bonds is 2. The van der Waals surface area contributed by atoms with Gasteiger partial charge in [0.1, 0.15) is 5.52 Å². The van der Waals surface area contributed by atoms with E-state index in [0.717, 1.165) is 17.5 Å². The van der Waals surface area contributed by atoms with E-state index in [0.29, 0.717) is 22.2 Å². The van der Waals surface area contributed by atoms with Crippen molar-refractivity contribution in [1.29, 1.82) is 0 Å². The molecule has 2 aromatic carbocycles. The van der Waals surface area contributed by atoms with Gasteiger partial charge in [0.2, 0.25) is 5.89 Å². The summed E-state index contributed by atoms with van der Waals surface area (Å²) in [5, 5.41) is 0.496. The Labute approximate surface area is 116 Å². The topological polar surface area (TPSA) is 52.0 Å². The van der Waals surface area contributed by atoms with Gasteiger partial charge in [-0.05, 0) is 24.1 Å². The number of nitrogen functional groups attached to an aromatic ring is 1. The Bertz CT molecular complexity index is 710. The third kappa shape index (κ3) is 2.06. The zero-order valence-electron chi connectivity index (χ0n) is 10.5. The molecular weight excluding hydrogens is 260 g/mol. The third-order valence-corrected chi connectivity index (χ3v) is 3.46. The number of oxazole rings is 1. The number of nitrogens with zero attached hydrogens (tertiary/aromatic N) is 1. The normalized spacial score (nSPS) is 11.1. The molecule has 1 aromatic heterocycles. The summed E-state index contributed by atoms with van der Waals surface area (Å²) >= 11 is 5.99. The molecule has 0 atom stereocenters. The van der Waals surface area contributed by atoms with Crippen LogP contribution in [0.2, 0.25) is 5.02 Å². The van der Waals surface area contributed by atoms with E-state index in [4.69, 9.17) is 21.8 Å². The van der Waals surface area contributed by atoms with E-state index >= 15 is 0 Å². The Balaban J connectivity index is 2.20. The smallest absolute Gasteiger partial charge is 0.227 e. The van der Waals surface area contributed by atoms with E-state index in [1.54, 1.807) is 12.1 Å². The summed E-state index contributed by atoms with van der Waals surface area (Å²) in [6.07, 6.45) is 0.928. The summed E-state index contributed by atoms with van der Waals surface area (Å²) in [4.78, 5) is 4.49. The minimum Gasteiger partial charge on any atom is -0.436 e. The van der Waals surface area contributed by atoms with Gasteiger partial charge in [-0.1, -0.05) is 36.7 Å². The van der Waals surface area contributed by atoms with Gasteiger partial charge in [-0.25, -0.2) is 4.98 Å². The molecular formula is C15H13ClN2O. The molecule has 0 radical (unpaired) electrons. The number of aromatic nitrogens is 1. The molecule has 3 aromatic rings. The maximum absolute atomic E-state index is 5.99. The first-order valence-electron chi connectivity index (χ1n) is 6.13. The van der Waals surface area contributed by atoms with Crippen LogP contribution >= 0.6 is 11.6 Å². The lowest BCUT2D eigenvalue weighted by atomic mass is 10.1. The van der Waals surface area contributed by atoms with Crippen LogP contribution in [0.5, 0.6) is 0 Å². The van der Waals surface area contributed by atoms with E-state index in [1.807, 2.05) is 18.2 Å². The van der Waals surface area contributed by atoms with Gasteiger partial charge < -0.3 is 10.2 Å². The van der Waals surface area contributed by atoms with E-state index in [2.05, 4.69) is 18.0 Å². The van der Waals surface area contributed by atoms with Gasteiger partial charge >= 0.3 is 0 Å². The van der Waals surface area contributed by atoms with Crippen molar-refractivity contribution in [1.82, 2.24) is 4.98 Å². The second-order valence-corrected chi connectivity index (χ2v) is 4.78. The van der Waals surface area contributed by atoms with Gasteiger partial charge in [0, 0.05) is 11.6 Å². The molecule has 0 bridgehead atoms. The fourth-order valence-corrected chi connectivity index (χ4v) is 2.27. The van der Waals surface area contributed by atoms with E-state index < -0.39 is 0 Å². The number of benzene rings is 2. The van der Waals surface area contributed by atoms with Gasteiger partial charge in [-0.3, -0.25) is 0 Å². The van der Waals surface area contributed by atoms with Crippen LogP contribution in [-0.4, -0.2) is 4.98 Å². The quantitative estimate of drug-likeness (QED) is 0.708.